The fourth-order valence-corrected chi connectivity index (χ4v) is 1.27. The van der Waals surface area contributed by atoms with Crippen molar-refractivity contribution in [3.05, 3.63) is 34.9 Å². The largest absolute Gasteiger partial charge is 0.300 e. The Bertz CT molecular complexity index is 335. The highest BCUT2D eigenvalue weighted by atomic mass is 19.1. The van der Waals surface area contributed by atoms with E-state index in [4.69, 9.17) is 0 Å². The summed E-state index contributed by atoms with van der Waals surface area (Å²) in [7, 11) is 0. The fourth-order valence-electron chi connectivity index (χ4n) is 1.27. The molecule has 0 saturated carbocycles. The van der Waals surface area contributed by atoms with Gasteiger partial charge in [-0.3, -0.25) is 0 Å². The van der Waals surface area contributed by atoms with Gasteiger partial charge in [-0.2, -0.15) is 0 Å². The predicted octanol–water partition coefficient (Wildman–Crippen LogP) is 2.79. The molecule has 1 rings (SSSR count). The lowest BCUT2D eigenvalue weighted by Crippen LogP contribution is -2.00. The van der Waals surface area contributed by atoms with Crippen molar-refractivity contribution in [2.45, 2.75) is 26.7 Å². The fraction of sp³-hybridized carbons (Fsp3) is 0.364. The maximum atomic E-state index is 13.2. The summed E-state index contributed by atoms with van der Waals surface area (Å²) in [6, 6.07) is 2.55. The highest BCUT2D eigenvalue weighted by Crippen LogP contribution is 2.16. The average molecular weight is 198 g/mol. The van der Waals surface area contributed by atoms with E-state index in [2.05, 4.69) is 0 Å². The minimum atomic E-state index is -0.566. The van der Waals surface area contributed by atoms with Crippen LogP contribution in [0.25, 0.3) is 0 Å². The van der Waals surface area contributed by atoms with Crippen molar-refractivity contribution < 1.29 is 13.6 Å². The van der Waals surface area contributed by atoms with Crippen LogP contribution in [-0.2, 0) is 11.2 Å². The molecule has 0 fully saturated rings. The molecular formula is C11H12F2O. The summed E-state index contributed by atoms with van der Waals surface area (Å²) in [4.78, 5) is 10.7. The predicted molar refractivity (Wildman–Crippen MR) is 50.1 cm³/mol. The second kappa shape index (κ2) is 4.31. The highest BCUT2D eigenvalue weighted by molar-refractivity contribution is 5.75. The molecule has 0 aliphatic heterocycles. The molecule has 1 aromatic carbocycles. The number of Topliss-reactive ketones (excluding diaryl/α,β-unsaturated/α-hetero) is 1. The molecule has 1 aromatic rings. The Morgan fingerprint density at radius 3 is 2.21 bits per heavy atom. The van der Waals surface area contributed by atoms with Crippen LogP contribution in [0.1, 0.15) is 24.5 Å². The number of hydrogen-bond acceptors (Lipinski definition) is 1. The number of hydrogen-bond donors (Lipinski definition) is 0. The standard InChI is InChI=1S/C11H12F2O/c1-7-5-10(12)9(11(13)6-7)4-3-8(2)14/h5-6H,3-4H2,1-2H3. The van der Waals surface area contributed by atoms with Gasteiger partial charge in [0.2, 0.25) is 0 Å². The first-order valence-corrected chi connectivity index (χ1v) is 4.44. The van der Waals surface area contributed by atoms with Crippen molar-refractivity contribution in [3.8, 4) is 0 Å². The van der Waals surface area contributed by atoms with Crippen molar-refractivity contribution in [1.29, 1.82) is 0 Å². The lowest BCUT2D eigenvalue weighted by Gasteiger charge is -2.04. The Hall–Kier alpha value is -1.25. The third kappa shape index (κ3) is 2.62. The van der Waals surface area contributed by atoms with Gasteiger partial charge in [-0.05, 0) is 38.0 Å². The average Bonchev–Trinajstić information content (AvgIpc) is 2.01. The van der Waals surface area contributed by atoms with E-state index in [9.17, 15) is 13.6 Å². The molecule has 0 saturated heterocycles. The normalized spacial score (nSPS) is 10.3. The maximum absolute atomic E-state index is 13.2. The van der Waals surface area contributed by atoms with Gasteiger partial charge in [0.1, 0.15) is 17.4 Å². The quantitative estimate of drug-likeness (QED) is 0.729. The molecule has 0 heterocycles. The number of halogens is 2. The number of rotatable bonds is 3. The molecule has 0 atom stereocenters. The van der Waals surface area contributed by atoms with E-state index in [1.54, 1.807) is 6.92 Å². The Labute approximate surface area is 81.7 Å². The Morgan fingerprint density at radius 2 is 1.79 bits per heavy atom. The first-order valence-electron chi connectivity index (χ1n) is 4.44. The Morgan fingerprint density at radius 1 is 1.29 bits per heavy atom. The number of carbonyl (C=O) groups is 1. The van der Waals surface area contributed by atoms with Gasteiger partial charge in [-0.1, -0.05) is 0 Å². The van der Waals surface area contributed by atoms with Crippen LogP contribution in [0.4, 0.5) is 8.78 Å². The first-order chi connectivity index (χ1) is 6.50. The van der Waals surface area contributed by atoms with Gasteiger partial charge in [0.05, 0.1) is 0 Å². The second-order valence-corrected chi connectivity index (χ2v) is 3.41. The van der Waals surface area contributed by atoms with Gasteiger partial charge in [-0.25, -0.2) is 8.78 Å². The summed E-state index contributed by atoms with van der Waals surface area (Å²) in [5.41, 5.74) is 0.553. The molecule has 0 radical (unpaired) electrons. The topological polar surface area (TPSA) is 17.1 Å². The van der Waals surface area contributed by atoms with Crippen molar-refractivity contribution in [1.82, 2.24) is 0 Å². The van der Waals surface area contributed by atoms with Crippen molar-refractivity contribution in [3.63, 3.8) is 0 Å². The summed E-state index contributed by atoms with van der Waals surface area (Å²) in [6.45, 7) is 3.03. The molecule has 1 nitrogen and oxygen atoms in total. The zero-order chi connectivity index (χ0) is 10.7. The lowest BCUT2D eigenvalue weighted by molar-refractivity contribution is -0.116. The maximum Gasteiger partial charge on any atom is 0.130 e. The summed E-state index contributed by atoms with van der Waals surface area (Å²) in [5, 5.41) is 0. The molecule has 0 unspecified atom stereocenters. The zero-order valence-electron chi connectivity index (χ0n) is 8.23. The molecule has 0 aromatic heterocycles. The SMILES string of the molecule is CC(=O)CCc1c(F)cc(C)cc1F. The van der Waals surface area contributed by atoms with Gasteiger partial charge in [0.25, 0.3) is 0 Å². The number of aryl methyl sites for hydroxylation is 1. The third-order valence-corrected chi connectivity index (χ3v) is 2.01. The van der Waals surface area contributed by atoms with Crippen LogP contribution in [0.15, 0.2) is 12.1 Å². The monoisotopic (exact) mass is 198 g/mol. The molecule has 0 aliphatic carbocycles. The van der Waals surface area contributed by atoms with E-state index in [0.29, 0.717) is 5.56 Å². The molecule has 0 N–H and O–H groups in total. The van der Waals surface area contributed by atoms with Gasteiger partial charge >= 0.3 is 0 Å². The van der Waals surface area contributed by atoms with Crippen LogP contribution in [-0.4, -0.2) is 5.78 Å². The zero-order valence-corrected chi connectivity index (χ0v) is 8.23. The third-order valence-electron chi connectivity index (χ3n) is 2.01. The summed E-state index contributed by atoms with van der Waals surface area (Å²) < 4.78 is 26.4. The van der Waals surface area contributed by atoms with Crippen LogP contribution in [0.5, 0.6) is 0 Å². The molecule has 0 bridgehead atoms. The molecule has 76 valence electrons. The van der Waals surface area contributed by atoms with Crippen LogP contribution in [0, 0.1) is 18.6 Å². The molecule has 0 aliphatic rings. The van der Waals surface area contributed by atoms with Crippen LogP contribution >= 0.6 is 0 Å². The van der Waals surface area contributed by atoms with Gasteiger partial charge in [-0.15, -0.1) is 0 Å². The summed E-state index contributed by atoms with van der Waals surface area (Å²) in [5.74, 6) is -1.20. The van der Waals surface area contributed by atoms with Crippen LogP contribution in [0.2, 0.25) is 0 Å². The summed E-state index contributed by atoms with van der Waals surface area (Å²) >= 11 is 0. The highest BCUT2D eigenvalue weighted by Gasteiger charge is 2.10. The van der Waals surface area contributed by atoms with Crippen LogP contribution < -0.4 is 0 Å². The van der Waals surface area contributed by atoms with E-state index in [0.717, 1.165) is 0 Å². The molecule has 0 spiro atoms. The van der Waals surface area contributed by atoms with Crippen LogP contribution in [0.3, 0.4) is 0 Å². The summed E-state index contributed by atoms with van der Waals surface area (Å²) in [6.07, 6.45) is 0.310. The number of carbonyl (C=O) groups excluding carboxylic acids is 1. The van der Waals surface area contributed by atoms with E-state index >= 15 is 0 Å². The van der Waals surface area contributed by atoms with E-state index in [1.165, 1.54) is 19.1 Å². The van der Waals surface area contributed by atoms with Gasteiger partial charge in [0, 0.05) is 12.0 Å². The molecule has 0 amide bonds. The molecule has 3 heteroatoms. The number of ketones is 1. The molecule has 14 heavy (non-hydrogen) atoms. The Kier molecular flexibility index (Phi) is 3.33. The second-order valence-electron chi connectivity index (χ2n) is 3.41. The molecular weight excluding hydrogens is 186 g/mol. The minimum absolute atomic E-state index is 0.00537. The lowest BCUT2D eigenvalue weighted by atomic mass is 10.0. The first kappa shape index (κ1) is 10.8. The van der Waals surface area contributed by atoms with Crippen molar-refractivity contribution in [2.75, 3.05) is 0 Å². The van der Waals surface area contributed by atoms with E-state index in [1.807, 2.05) is 0 Å². The van der Waals surface area contributed by atoms with Gasteiger partial charge < -0.3 is 4.79 Å². The van der Waals surface area contributed by atoms with Gasteiger partial charge in [0.15, 0.2) is 0 Å². The van der Waals surface area contributed by atoms with E-state index in [-0.39, 0.29) is 24.2 Å². The smallest absolute Gasteiger partial charge is 0.130 e. The van der Waals surface area contributed by atoms with E-state index < -0.39 is 11.6 Å². The minimum Gasteiger partial charge on any atom is -0.300 e. The number of benzene rings is 1. The van der Waals surface area contributed by atoms with Crippen molar-refractivity contribution >= 4 is 5.78 Å². The Balaban J connectivity index is 2.91. The van der Waals surface area contributed by atoms with Crippen molar-refractivity contribution in [2.24, 2.45) is 0 Å².